The Hall–Kier alpha value is -0.384. The molecule has 0 saturated heterocycles. The van der Waals surface area contributed by atoms with Crippen LogP contribution >= 0.6 is 0 Å². The Labute approximate surface area is 171 Å². The molecule has 0 amide bonds. The number of hydrogen-bond donors (Lipinski definition) is 1. The summed E-state index contributed by atoms with van der Waals surface area (Å²) in [6, 6.07) is 4.51. The summed E-state index contributed by atoms with van der Waals surface area (Å²) in [5.74, 6) is -0.959. The fraction of sp³-hybridized carbons (Fsp3) is 0.357. The summed E-state index contributed by atoms with van der Waals surface area (Å²) in [6.07, 6.45) is 3.24. The van der Waals surface area contributed by atoms with Crippen molar-refractivity contribution in [3.05, 3.63) is 29.5 Å². The van der Waals surface area contributed by atoms with Crippen molar-refractivity contribution >= 4 is 32.6 Å². The number of benzene rings is 1. The van der Waals surface area contributed by atoms with E-state index >= 15 is 0 Å². The number of carbonyl (C=O) groups excluding carboxylic acids is 1. The maximum absolute atomic E-state index is 11.3. The Kier molecular flexibility index (Phi) is 7.09. The molecule has 1 N–H and O–H groups in total. The third-order valence-corrected chi connectivity index (χ3v) is 3.63. The zero-order valence-corrected chi connectivity index (χ0v) is 16.7. The summed E-state index contributed by atoms with van der Waals surface area (Å²) >= 11 is 0. The van der Waals surface area contributed by atoms with Crippen LogP contribution in [-0.2, 0) is 16.4 Å². The number of sulfonamides is 1. The van der Waals surface area contributed by atoms with Gasteiger partial charge >= 0.3 is 51.4 Å². The van der Waals surface area contributed by atoms with E-state index in [1.807, 2.05) is 6.92 Å². The van der Waals surface area contributed by atoms with E-state index in [2.05, 4.69) is 4.72 Å². The first-order chi connectivity index (χ1) is 9.81. The van der Waals surface area contributed by atoms with E-state index in [-0.39, 0.29) is 62.6 Å². The normalized spacial score (nSPS) is 11.2. The van der Waals surface area contributed by atoms with Crippen LogP contribution in [0.3, 0.4) is 0 Å². The number of unbranched alkanes of at least 4 members (excludes halogenated alkanes) is 1. The van der Waals surface area contributed by atoms with Crippen LogP contribution in [0.1, 0.15) is 35.9 Å². The molecular formula is C14H16KNO5S. The Morgan fingerprint density at radius 1 is 1.36 bits per heavy atom. The number of carboxylic acid groups (broad SMARTS) is 1. The Balaban J connectivity index is 0.00000242. The van der Waals surface area contributed by atoms with Crippen LogP contribution in [0, 0.1) is 0 Å². The van der Waals surface area contributed by atoms with E-state index in [9.17, 15) is 18.3 Å². The minimum atomic E-state index is -3.43. The second-order valence-corrected chi connectivity index (χ2v) is 6.62. The van der Waals surface area contributed by atoms with Crippen molar-refractivity contribution in [1.82, 2.24) is 0 Å². The van der Waals surface area contributed by atoms with Crippen molar-refractivity contribution in [3.8, 4) is 0 Å². The van der Waals surface area contributed by atoms with E-state index in [1.54, 1.807) is 6.07 Å². The predicted octanol–water partition coefficient (Wildman–Crippen LogP) is -1.49. The van der Waals surface area contributed by atoms with Gasteiger partial charge in [-0.25, -0.2) is 8.42 Å². The van der Waals surface area contributed by atoms with Crippen molar-refractivity contribution < 1.29 is 74.1 Å². The third-order valence-electron chi connectivity index (χ3n) is 3.03. The Morgan fingerprint density at radius 3 is 2.59 bits per heavy atom. The Bertz CT molecular complexity index is 782. The number of nitrogens with one attached hydrogen (secondary N) is 1. The number of carbonyl (C=O) groups is 1. The first kappa shape index (κ1) is 19.7. The molecule has 2 rings (SSSR count). The average Bonchev–Trinajstić information content (AvgIpc) is 2.71. The maximum atomic E-state index is 11.3. The first-order valence-corrected chi connectivity index (χ1v) is 8.45. The van der Waals surface area contributed by atoms with Gasteiger partial charge in [-0.2, -0.15) is 0 Å². The zero-order chi connectivity index (χ0) is 15.6. The van der Waals surface area contributed by atoms with Gasteiger partial charge in [-0.05, 0) is 24.6 Å². The largest absolute Gasteiger partial charge is 1.00 e. The molecule has 1 aromatic carbocycles. The van der Waals surface area contributed by atoms with Gasteiger partial charge in [-0.1, -0.05) is 13.3 Å². The quantitative estimate of drug-likeness (QED) is 0.641. The van der Waals surface area contributed by atoms with Gasteiger partial charge < -0.3 is 14.3 Å². The molecule has 1 aromatic heterocycles. The molecule has 0 aliphatic rings. The number of rotatable bonds is 6. The fourth-order valence-corrected chi connectivity index (χ4v) is 2.72. The van der Waals surface area contributed by atoms with Crippen molar-refractivity contribution in [3.63, 3.8) is 0 Å². The molecule has 0 bridgehead atoms. The van der Waals surface area contributed by atoms with Gasteiger partial charge in [0.2, 0.25) is 10.0 Å². The van der Waals surface area contributed by atoms with E-state index in [1.165, 1.54) is 12.1 Å². The van der Waals surface area contributed by atoms with Gasteiger partial charge in [0.1, 0.15) is 11.3 Å². The van der Waals surface area contributed by atoms with Gasteiger partial charge in [0, 0.05) is 23.1 Å². The van der Waals surface area contributed by atoms with E-state index < -0.39 is 16.0 Å². The van der Waals surface area contributed by atoms with Crippen LogP contribution in [-0.4, -0.2) is 20.6 Å². The van der Waals surface area contributed by atoms with Gasteiger partial charge in [0.05, 0.1) is 12.2 Å². The van der Waals surface area contributed by atoms with Crippen molar-refractivity contribution in [2.24, 2.45) is 0 Å². The van der Waals surface area contributed by atoms with Crippen LogP contribution in [0.2, 0.25) is 0 Å². The molecule has 0 spiro atoms. The SMILES string of the molecule is CCCCc1oc2ccc(NS(C)(=O)=O)cc2c1C(=O)[O-].[K+]. The molecule has 0 saturated carbocycles. The van der Waals surface area contributed by atoms with Gasteiger partial charge in [-0.3, -0.25) is 4.72 Å². The van der Waals surface area contributed by atoms with Gasteiger partial charge in [0.25, 0.3) is 0 Å². The smallest absolute Gasteiger partial charge is 0.545 e. The van der Waals surface area contributed by atoms with Gasteiger partial charge in [0.15, 0.2) is 0 Å². The number of furan rings is 1. The molecule has 0 atom stereocenters. The number of hydrogen-bond acceptors (Lipinski definition) is 5. The van der Waals surface area contributed by atoms with Crippen LogP contribution in [0.5, 0.6) is 0 Å². The fourth-order valence-electron chi connectivity index (χ4n) is 2.16. The minimum Gasteiger partial charge on any atom is -0.545 e. The zero-order valence-electron chi connectivity index (χ0n) is 12.8. The number of anilines is 1. The molecule has 0 aliphatic heterocycles. The molecule has 2 aromatic rings. The Morgan fingerprint density at radius 2 is 2.05 bits per heavy atom. The van der Waals surface area contributed by atoms with Crippen LogP contribution in [0.15, 0.2) is 22.6 Å². The van der Waals surface area contributed by atoms with E-state index in [0.717, 1.165) is 19.1 Å². The molecule has 0 fully saturated rings. The summed E-state index contributed by atoms with van der Waals surface area (Å²) in [6.45, 7) is 2.00. The van der Waals surface area contributed by atoms with E-state index in [4.69, 9.17) is 4.42 Å². The summed E-state index contributed by atoms with van der Waals surface area (Å²) in [5.41, 5.74) is 0.685. The molecule has 1 heterocycles. The second kappa shape index (κ2) is 7.94. The van der Waals surface area contributed by atoms with Gasteiger partial charge in [-0.15, -0.1) is 0 Å². The monoisotopic (exact) mass is 349 g/mol. The topological polar surface area (TPSA) is 99.4 Å². The summed E-state index contributed by atoms with van der Waals surface area (Å²) in [4.78, 5) is 11.3. The van der Waals surface area contributed by atoms with Crippen molar-refractivity contribution in [2.45, 2.75) is 26.2 Å². The predicted molar refractivity (Wildman–Crippen MR) is 77.6 cm³/mol. The molecule has 22 heavy (non-hydrogen) atoms. The van der Waals surface area contributed by atoms with Crippen molar-refractivity contribution in [2.75, 3.05) is 11.0 Å². The van der Waals surface area contributed by atoms with Crippen molar-refractivity contribution in [1.29, 1.82) is 0 Å². The molecule has 0 radical (unpaired) electrons. The standard InChI is InChI=1S/C14H17NO5S.K/c1-3-4-5-12-13(14(16)17)10-8-9(15-21(2,18)19)6-7-11(10)20-12;/h6-8,15H,3-5H2,1-2H3,(H,16,17);/q;+1/p-1. The molecule has 0 unspecified atom stereocenters. The number of aromatic carboxylic acids is 1. The molecule has 0 aliphatic carbocycles. The first-order valence-electron chi connectivity index (χ1n) is 6.56. The van der Waals surface area contributed by atoms with Crippen LogP contribution in [0.25, 0.3) is 11.0 Å². The number of aryl methyl sites for hydroxylation is 1. The molecule has 114 valence electrons. The third kappa shape index (κ3) is 4.80. The summed E-state index contributed by atoms with van der Waals surface area (Å²) in [5, 5.41) is 11.7. The summed E-state index contributed by atoms with van der Waals surface area (Å²) in [7, 11) is -3.43. The second-order valence-electron chi connectivity index (χ2n) is 4.88. The number of fused-ring (bicyclic) bond motifs is 1. The maximum Gasteiger partial charge on any atom is 1.00 e. The van der Waals surface area contributed by atoms with Crippen LogP contribution < -0.4 is 61.2 Å². The average molecular weight is 349 g/mol. The number of carboxylic acids is 1. The van der Waals surface area contributed by atoms with E-state index in [0.29, 0.717) is 23.2 Å². The minimum absolute atomic E-state index is 0. The summed E-state index contributed by atoms with van der Waals surface area (Å²) < 4.78 is 30.3. The van der Waals surface area contributed by atoms with Crippen LogP contribution in [0.4, 0.5) is 5.69 Å². The molecule has 6 nitrogen and oxygen atoms in total. The molecule has 8 heteroatoms. The molecular weight excluding hydrogens is 333 g/mol.